The van der Waals surface area contributed by atoms with Gasteiger partial charge in [0, 0.05) is 19.3 Å². The third kappa shape index (κ3) is 2.67. The number of nitrogens with zero attached hydrogens (tertiary/aromatic N) is 1. The van der Waals surface area contributed by atoms with E-state index in [1.165, 1.54) is 7.05 Å². The quantitative estimate of drug-likeness (QED) is 0.670. The third-order valence-corrected chi connectivity index (χ3v) is 3.64. The molecule has 0 spiro atoms. The molecule has 0 saturated heterocycles. The smallest absolute Gasteiger partial charge is 0.247 e. The highest BCUT2D eigenvalue weighted by atomic mass is 32.2. The summed E-state index contributed by atoms with van der Waals surface area (Å²) in [6, 6.07) is 2.25. The Labute approximate surface area is 91.9 Å². The monoisotopic (exact) mass is 245 g/mol. The van der Waals surface area contributed by atoms with Crippen molar-refractivity contribution in [3.05, 3.63) is 28.7 Å². The Morgan fingerprint density at radius 3 is 2.56 bits per heavy atom. The molecule has 0 aliphatic rings. The summed E-state index contributed by atoms with van der Waals surface area (Å²) in [6.45, 7) is -0.415. The van der Waals surface area contributed by atoms with E-state index in [1.807, 2.05) is 0 Å². The van der Waals surface area contributed by atoms with Crippen LogP contribution in [0.4, 0.5) is 0 Å². The van der Waals surface area contributed by atoms with E-state index in [4.69, 9.17) is 5.73 Å². The number of carbonyl (C=O) groups excluding carboxylic acids is 1. The second-order valence-electron chi connectivity index (χ2n) is 3.12. The Kier molecular flexibility index (Phi) is 3.45. The molecule has 88 valence electrons. The highest BCUT2D eigenvalue weighted by molar-refractivity contribution is 7.89. The summed E-state index contributed by atoms with van der Waals surface area (Å²) in [5, 5.41) is 0. The number of carbonyl (C=O) groups is 1. The summed E-state index contributed by atoms with van der Waals surface area (Å²) >= 11 is 0. The first-order valence-corrected chi connectivity index (χ1v) is 5.71. The maximum absolute atomic E-state index is 11.8. The predicted octanol–water partition coefficient (Wildman–Crippen LogP) is -1.52. The van der Waals surface area contributed by atoms with Crippen molar-refractivity contribution in [1.82, 2.24) is 9.29 Å². The molecule has 0 bridgehead atoms. The van der Waals surface area contributed by atoms with Crippen LogP contribution in [0.3, 0.4) is 0 Å². The lowest BCUT2D eigenvalue weighted by Crippen LogP contribution is -2.35. The number of nitrogens with one attached hydrogen (secondary N) is 1. The molecule has 16 heavy (non-hydrogen) atoms. The van der Waals surface area contributed by atoms with Crippen LogP contribution in [0.15, 0.2) is 28.0 Å². The number of aromatic amines is 1. The van der Waals surface area contributed by atoms with E-state index in [-0.39, 0.29) is 4.90 Å². The molecule has 0 radical (unpaired) electrons. The molecule has 1 rings (SSSR count). The molecule has 0 saturated carbocycles. The fourth-order valence-electron chi connectivity index (χ4n) is 1.04. The molecule has 1 aromatic rings. The van der Waals surface area contributed by atoms with Gasteiger partial charge in [-0.3, -0.25) is 9.59 Å². The van der Waals surface area contributed by atoms with Crippen molar-refractivity contribution in [3.63, 3.8) is 0 Å². The summed E-state index contributed by atoms with van der Waals surface area (Å²) in [4.78, 5) is 23.5. The van der Waals surface area contributed by atoms with Gasteiger partial charge in [0.25, 0.3) is 0 Å². The van der Waals surface area contributed by atoms with E-state index in [1.54, 1.807) is 0 Å². The van der Waals surface area contributed by atoms with Crippen LogP contribution in [-0.4, -0.2) is 37.2 Å². The minimum atomic E-state index is -3.79. The lowest BCUT2D eigenvalue weighted by atomic mass is 10.5. The van der Waals surface area contributed by atoms with E-state index in [2.05, 4.69) is 4.98 Å². The van der Waals surface area contributed by atoms with Gasteiger partial charge in [0.2, 0.25) is 21.5 Å². The average molecular weight is 245 g/mol. The van der Waals surface area contributed by atoms with Crippen LogP contribution in [0.5, 0.6) is 0 Å². The van der Waals surface area contributed by atoms with Crippen molar-refractivity contribution in [2.45, 2.75) is 4.90 Å². The number of amides is 1. The molecule has 0 fully saturated rings. The van der Waals surface area contributed by atoms with E-state index >= 15 is 0 Å². The minimum Gasteiger partial charge on any atom is -0.369 e. The summed E-state index contributed by atoms with van der Waals surface area (Å²) in [7, 11) is -2.56. The maximum Gasteiger partial charge on any atom is 0.247 e. The van der Waals surface area contributed by atoms with E-state index in [0.717, 1.165) is 22.6 Å². The molecular formula is C8H11N3O4S. The van der Waals surface area contributed by atoms with E-state index in [9.17, 15) is 18.0 Å². The zero-order chi connectivity index (χ0) is 12.3. The SMILES string of the molecule is CN(CC(N)=O)S(=O)(=O)c1ccc(=O)[nH]c1. The van der Waals surface area contributed by atoms with Gasteiger partial charge in [-0.15, -0.1) is 0 Å². The van der Waals surface area contributed by atoms with Crippen LogP contribution in [-0.2, 0) is 14.8 Å². The standard InChI is InChI=1S/C8H11N3O4S/c1-11(5-7(9)12)16(14,15)6-2-3-8(13)10-4-6/h2-4H,5H2,1H3,(H2,9,12)(H,10,13). The fourth-order valence-corrected chi connectivity index (χ4v) is 2.15. The number of hydrogen-bond donors (Lipinski definition) is 2. The Balaban J connectivity index is 3.06. The number of primary amides is 1. The number of pyridine rings is 1. The van der Waals surface area contributed by atoms with Crippen molar-refractivity contribution in [2.24, 2.45) is 5.73 Å². The topological polar surface area (TPSA) is 113 Å². The first kappa shape index (κ1) is 12.4. The first-order valence-electron chi connectivity index (χ1n) is 4.27. The highest BCUT2D eigenvalue weighted by Crippen LogP contribution is 2.10. The van der Waals surface area contributed by atoms with Crippen LogP contribution in [0.1, 0.15) is 0 Å². The molecule has 0 aromatic carbocycles. The van der Waals surface area contributed by atoms with Gasteiger partial charge in [0.15, 0.2) is 0 Å². The normalized spacial score (nSPS) is 11.6. The van der Waals surface area contributed by atoms with Crippen LogP contribution in [0, 0.1) is 0 Å². The molecule has 0 atom stereocenters. The van der Waals surface area contributed by atoms with Gasteiger partial charge in [0.1, 0.15) is 0 Å². The zero-order valence-corrected chi connectivity index (χ0v) is 9.32. The number of sulfonamides is 1. The van der Waals surface area contributed by atoms with Crippen LogP contribution >= 0.6 is 0 Å². The van der Waals surface area contributed by atoms with Crippen molar-refractivity contribution in [3.8, 4) is 0 Å². The van der Waals surface area contributed by atoms with Gasteiger partial charge >= 0.3 is 0 Å². The van der Waals surface area contributed by atoms with Crippen molar-refractivity contribution < 1.29 is 13.2 Å². The number of hydrogen-bond acceptors (Lipinski definition) is 4. The summed E-state index contributed by atoms with van der Waals surface area (Å²) in [5.74, 6) is -0.754. The molecular weight excluding hydrogens is 234 g/mol. The number of aromatic nitrogens is 1. The molecule has 8 heteroatoms. The summed E-state index contributed by atoms with van der Waals surface area (Å²) in [6.07, 6.45) is 1.06. The van der Waals surface area contributed by atoms with Crippen molar-refractivity contribution >= 4 is 15.9 Å². The Hall–Kier alpha value is -1.67. The molecule has 3 N–H and O–H groups in total. The summed E-state index contributed by atoms with van der Waals surface area (Å²) < 4.78 is 24.4. The second kappa shape index (κ2) is 4.45. The average Bonchev–Trinajstić information content (AvgIpc) is 2.17. The van der Waals surface area contributed by atoms with Gasteiger partial charge in [-0.2, -0.15) is 4.31 Å². The first-order chi connectivity index (χ1) is 7.34. The Bertz CT molecular complexity index is 528. The number of rotatable bonds is 4. The van der Waals surface area contributed by atoms with Crippen molar-refractivity contribution in [1.29, 1.82) is 0 Å². The fraction of sp³-hybridized carbons (Fsp3) is 0.250. The molecule has 7 nitrogen and oxygen atoms in total. The molecule has 1 aromatic heterocycles. The van der Waals surface area contributed by atoms with E-state index < -0.39 is 28.0 Å². The molecule has 0 aliphatic carbocycles. The molecule has 1 heterocycles. The Morgan fingerprint density at radius 2 is 2.12 bits per heavy atom. The van der Waals surface area contributed by atoms with Gasteiger partial charge in [0.05, 0.1) is 11.4 Å². The molecule has 0 aliphatic heterocycles. The molecule has 1 amide bonds. The second-order valence-corrected chi connectivity index (χ2v) is 5.16. The number of H-pyrrole nitrogens is 1. The number of nitrogens with two attached hydrogens (primary N) is 1. The number of likely N-dealkylation sites (N-methyl/N-ethyl adjacent to an activating group) is 1. The van der Waals surface area contributed by atoms with Gasteiger partial charge in [-0.1, -0.05) is 0 Å². The zero-order valence-electron chi connectivity index (χ0n) is 8.50. The van der Waals surface area contributed by atoms with Gasteiger partial charge in [-0.25, -0.2) is 8.42 Å². The largest absolute Gasteiger partial charge is 0.369 e. The van der Waals surface area contributed by atoms with Gasteiger partial charge < -0.3 is 10.7 Å². The lowest BCUT2D eigenvalue weighted by molar-refractivity contribution is -0.118. The lowest BCUT2D eigenvalue weighted by Gasteiger charge is -2.14. The summed E-state index contributed by atoms with van der Waals surface area (Å²) in [5.41, 5.74) is 4.48. The Morgan fingerprint density at radius 1 is 1.50 bits per heavy atom. The predicted molar refractivity (Wildman–Crippen MR) is 56.1 cm³/mol. The van der Waals surface area contributed by atoms with Crippen molar-refractivity contribution in [2.75, 3.05) is 13.6 Å². The van der Waals surface area contributed by atoms with E-state index in [0.29, 0.717) is 0 Å². The van der Waals surface area contributed by atoms with Crippen LogP contribution in [0.2, 0.25) is 0 Å². The van der Waals surface area contributed by atoms with Crippen LogP contribution < -0.4 is 11.3 Å². The molecule has 0 unspecified atom stereocenters. The maximum atomic E-state index is 11.8. The van der Waals surface area contributed by atoms with Gasteiger partial charge in [-0.05, 0) is 6.07 Å². The third-order valence-electron chi connectivity index (χ3n) is 1.84. The van der Waals surface area contributed by atoms with Crippen LogP contribution in [0.25, 0.3) is 0 Å². The minimum absolute atomic E-state index is 0.101. The highest BCUT2D eigenvalue weighted by Gasteiger charge is 2.21.